The number of nitrogen functional groups attached to an aromatic ring is 1. The first-order chi connectivity index (χ1) is 9.05. The molecule has 8 heteroatoms. The third kappa shape index (κ3) is 2.08. The standard InChI is InChI=1S/C12H11F5N2O/c1-6-4-7-5-8(18)2-3-9(7)19(6)10(20)11(13,14)12(15,16)17/h2-3,5-6H,4,18H2,1H3. The van der Waals surface area contributed by atoms with Gasteiger partial charge in [0, 0.05) is 17.4 Å². The van der Waals surface area contributed by atoms with E-state index in [1.807, 2.05) is 0 Å². The van der Waals surface area contributed by atoms with E-state index >= 15 is 0 Å². The van der Waals surface area contributed by atoms with Crippen LogP contribution in [-0.2, 0) is 11.2 Å². The smallest absolute Gasteiger partial charge is 0.399 e. The first-order valence-corrected chi connectivity index (χ1v) is 5.72. The number of carbonyl (C=O) groups is 1. The summed E-state index contributed by atoms with van der Waals surface area (Å²) in [5.41, 5.74) is 6.39. The summed E-state index contributed by atoms with van der Waals surface area (Å²) in [7, 11) is 0. The van der Waals surface area contributed by atoms with Crippen molar-refractivity contribution >= 4 is 17.3 Å². The number of hydrogen-bond acceptors (Lipinski definition) is 2. The van der Waals surface area contributed by atoms with Gasteiger partial charge in [-0.2, -0.15) is 22.0 Å². The molecular weight excluding hydrogens is 283 g/mol. The third-order valence-electron chi connectivity index (χ3n) is 3.16. The number of fused-ring (bicyclic) bond motifs is 1. The SMILES string of the molecule is CC1Cc2cc(N)ccc2N1C(=O)C(F)(F)C(F)(F)F. The number of hydrogen-bond donors (Lipinski definition) is 1. The Labute approximate surface area is 111 Å². The molecule has 3 nitrogen and oxygen atoms in total. The summed E-state index contributed by atoms with van der Waals surface area (Å²) in [5, 5.41) is 0. The van der Waals surface area contributed by atoms with E-state index < -0.39 is 24.0 Å². The largest absolute Gasteiger partial charge is 0.463 e. The summed E-state index contributed by atoms with van der Waals surface area (Å²) >= 11 is 0. The van der Waals surface area contributed by atoms with Crippen molar-refractivity contribution in [1.82, 2.24) is 0 Å². The summed E-state index contributed by atoms with van der Waals surface area (Å²) < 4.78 is 63.2. The zero-order valence-electron chi connectivity index (χ0n) is 10.3. The lowest BCUT2D eigenvalue weighted by molar-refractivity contribution is -0.268. The topological polar surface area (TPSA) is 46.3 Å². The highest BCUT2D eigenvalue weighted by Gasteiger charge is 2.65. The number of nitrogens with two attached hydrogens (primary N) is 1. The number of halogens is 5. The molecule has 1 atom stereocenters. The molecule has 1 unspecified atom stereocenters. The molecule has 1 aromatic rings. The van der Waals surface area contributed by atoms with Crippen LogP contribution in [0.2, 0.25) is 0 Å². The van der Waals surface area contributed by atoms with Gasteiger partial charge in [0.1, 0.15) is 0 Å². The number of nitrogens with zero attached hydrogens (tertiary/aromatic N) is 1. The number of rotatable bonds is 1. The van der Waals surface area contributed by atoms with Gasteiger partial charge in [0.05, 0.1) is 0 Å². The molecule has 0 bridgehead atoms. The maximum Gasteiger partial charge on any atom is 0.463 e. The molecular formula is C12H11F5N2O. The van der Waals surface area contributed by atoms with Crippen LogP contribution < -0.4 is 10.6 Å². The fourth-order valence-electron chi connectivity index (χ4n) is 2.23. The molecule has 0 saturated carbocycles. The highest BCUT2D eigenvalue weighted by Crippen LogP contribution is 2.41. The zero-order chi connectivity index (χ0) is 15.3. The third-order valence-corrected chi connectivity index (χ3v) is 3.16. The van der Waals surface area contributed by atoms with Crippen LogP contribution in [0.1, 0.15) is 12.5 Å². The van der Waals surface area contributed by atoms with E-state index in [-0.39, 0.29) is 12.1 Å². The molecule has 0 aliphatic carbocycles. The molecule has 0 spiro atoms. The van der Waals surface area contributed by atoms with E-state index in [1.54, 1.807) is 0 Å². The molecule has 0 radical (unpaired) electrons. The van der Waals surface area contributed by atoms with Gasteiger partial charge in [0.2, 0.25) is 0 Å². The molecule has 1 aromatic carbocycles. The maximum absolute atomic E-state index is 13.2. The van der Waals surface area contributed by atoms with Gasteiger partial charge in [-0.25, -0.2) is 0 Å². The molecule has 110 valence electrons. The Morgan fingerprint density at radius 1 is 1.30 bits per heavy atom. The molecule has 0 fully saturated rings. The minimum Gasteiger partial charge on any atom is -0.399 e. The lowest BCUT2D eigenvalue weighted by atomic mass is 10.1. The van der Waals surface area contributed by atoms with Gasteiger partial charge < -0.3 is 10.6 Å². The minimum atomic E-state index is -5.92. The number of benzene rings is 1. The van der Waals surface area contributed by atoms with E-state index in [0.717, 1.165) is 0 Å². The van der Waals surface area contributed by atoms with Crippen LogP contribution in [0.25, 0.3) is 0 Å². The van der Waals surface area contributed by atoms with Crippen molar-refractivity contribution in [2.75, 3.05) is 10.6 Å². The Kier molecular flexibility index (Phi) is 3.14. The molecule has 1 amide bonds. The van der Waals surface area contributed by atoms with Crippen molar-refractivity contribution < 1.29 is 26.7 Å². The fourth-order valence-corrected chi connectivity index (χ4v) is 2.23. The molecule has 2 N–H and O–H groups in total. The van der Waals surface area contributed by atoms with Gasteiger partial charge in [-0.3, -0.25) is 4.79 Å². The van der Waals surface area contributed by atoms with Gasteiger partial charge >= 0.3 is 18.0 Å². The van der Waals surface area contributed by atoms with E-state index in [2.05, 4.69) is 0 Å². The highest BCUT2D eigenvalue weighted by molar-refractivity contribution is 6.01. The molecule has 0 aromatic heterocycles. The fraction of sp³-hybridized carbons (Fsp3) is 0.417. The number of alkyl halides is 5. The van der Waals surface area contributed by atoms with Gasteiger partial charge in [-0.15, -0.1) is 0 Å². The Bertz CT molecular complexity index is 555. The summed E-state index contributed by atoms with van der Waals surface area (Å²) in [5.74, 6) is -7.68. The van der Waals surface area contributed by atoms with Gasteiger partial charge in [-0.1, -0.05) is 0 Å². The van der Waals surface area contributed by atoms with E-state index in [9.17, 15) is 26.7 Å². The first kappa shape index (κ1) is 14.5. The van der Waals surface area contributed by atoms with Crippen LogP contribution in [-0.4, -0.2) is 24.0 Å². The minimum absolute atomic E-state index is 0.0422. The van der Waals surface area contributed by atoms with Gasteiger partial charge in [0.15, 0.2) is 0 Å². The second kappa shape index (κ2) is 4.32. The molecule has 1 heterocycles. The van der Waals surface area contributed by atoms with Gasteiger partial charge in [0.25, 0.3) is 0 Å². The second-order valence-corrected chi connectivity index (χ2v) is 4.69. The average molecular weight is 294 g/mol. The van der Waals surface area contributed by atoms with Crippen LogP contribution in [0.5, 0.6) is 0 Å². The zero-order valence-corrected chi connectivity index (χ0v) is 10.3. The number of anilines is 2. The van der Waals surface area contributed by atoms with Crippen LogP contribution in [0.15, 0.2) is 18.2 Å². The molecule has 2 rings (SSSR count). The monoisotopic (exact) mass is 294 g/mol. The van der Waals surface area contributed by atoms with Crippen molar-refractivity contribution in [3.8, 4) is 0 Å². The van der Waals surface area contributed by atoms with Crippen molar-refractivity contribution in [1.29, 1.82) is 0 Å². The Morgan fingerprint density at radius 3 is 2.45 bits per heavy atom. The molecule has 20 heavy (non-hydrogen) atoms. The quantitative estimate of drug-likeness (QED) is 0.639. The van der Waals surface area contributed by atoms with Crippen LogP contribution >= 0.6 is 0 Å². The van der Waals surface area contributed by atoms with Crippen LogP contribution in [0, 0.1) is 0 Å². The predicted octanol–water partition coefficient (Wildman–Crippen LogP) is 2.74. The lowest BCUT2D eigenvalue weighted by Crippen LogP contribution is -2.53. The summed E-state index contributed by atoms with van der Waals surface area (Å²) in [6.45, 7) is 1.40. The van der Waals surface area contributed by atoms with Crippen molar-refractivity contribution in [3.63, 3.8) is 0 Å². The van der Waals surface area contributed by atoms with Crippen molar-refractivity contribution in [2.45, 2.75) is 31.5 Å². The summed E-state index contributed by atoms with van der Waals surface area (Å²) in [6, 6.07) is 3.30. The number of amides is 1. The lowest BCUT2D eigenvalue weighted by Gasteiger charge is -2.28. The predicted molar refractivity (Wildman–Crippen MR) is 62.5 cm³/mol. The second-order valence-electron chi connectivity index (χ2n) is 4.69. The van der Waals surface area contributed by atoms with Gasteiger partial charge in [-0.05, 0) is 37.1 Å². The molecule has 0 saturated heterocycles. The van der Waals surface area contributed by atoms with Crippen molar-refractivity contribution in [3.05, 3.63) is 23.8 Å². The maximum atomic E-state index is 13.2. The highest BCUT2D eigenvalue weighted by atomic mass is 19.4. The van der Waals surface area contributed by atoms with E-state index in [0.29, 0.717) is 16.2 Å². The Balaban J connectivity index is 2.42. The normalized spacial score (nSPS) is 19.1. The average Bonchev–Trinajstić information content (AvgIpc) is 2.61. The summed E-state index contributed by atoms with van der Waals surface area (Å²) in [6.07, 6.45) is -5.74. The van der Waals surface area contributed by atoms with Crippen LogP contribution in [0.4, 0.5) is 33.3 Å². The van der Waals surface area contributed by atoms with Crippen molar-refractivity contribution in [2.24, 2.45) is 0 Å². The van der Waals surface area contributed by atoms with Crippen LogP contribution in [0.3, 0.4) is 0 Å². The number of carbonyl (C=O) groups excluding carboxylic acids is 1. The van der Waals surface area contributed by atoms with E-state index in [1.165, 1.54) is 25.1 Å². The Hall–Kier alpha value is -1.86. The Morgan fingerprint density at radius 2 is 1.90 bits per heavy atom. The van der Waals surface area contributed by atoms with E-state index in [4.69, 9.17) is 5.73 Å². The first-order valence-electron chi connectivity index (χ1n) is 5.72. The molecule has 1 aliphatic rings. The summed E-state index contributed by atoms with van der Waals surface area (Å²) in [4.78, 5) is 12.1. The molecule has 1 aliphatic heterocycles.